The number of amides is 1. The molecular formula is C16H12BrF2NO4. The molecule has 0 saturated heterocycles. The Morgan fingerprint density at radius 3 is 2.46 bits per heavy atom. The number of ether oxygens (including phenoxy) is 2. The molecule has 2 aromatic rings. The molecule has 0 aliphatic carbocycles. The first-order valence-electron chi connectivity index (χ1n) is 6.72. The first kappa shape index (κ1) is 17.9. The van der Waals surface area contributed by atoms with Gasteiger partial charge in [-0.25, -0.2) is 4.79 Å². The van der Waals surface area contributed by atoms with Crippen LogP contribution in [0.2, 0.25) is 0 Å². The van der Waals surface area contributed by atoms with Crippen molar-refractivity contribution in [1.82, 2.24) is 0 Å². The molecule has 1 N–H and O–H groups in total. The minimum Gasteiger partial charge on any atom is -0.452 e. The van der Waals surface area contributed by atoms with Crippen molar-refractivity contribution in [1.29, 1.82) is 0 Å². The van der Waals surface area contributed by atoms with Crippen molar-refractivity contribution in [3.63, 3.8) is 0 Å². The molecule has 0 radical (unpaired) electrons. The normalized spacial score (nSPS) is 10.3. The van der Waals surface area contributed by atoms with Crippen LogP contribution < -0.4 is 10.1 Å². The summed E-state index contributed by atoms with van der Waals surface area (Å²) in [5.41, 5.74) is 0.325. The van der Waals surface area contributed by atoms with Crippen molar-refractivity contribution in [3.8, 4) is 5.75 Å². The van der Waals surface area contributed by atoms with E-state index in [1.54, 1.807) is 24.3 Å². The fourth-order valence-corrected chi connectivity index (χ4v) is 2.18. The lowest BCUT2D eigenvalue weighted by Crippen LogP contribution is -2.21. The van der Waals surface area contributed by atoms with Gasteiger partial charge >= 0.3 is 12.6 Å². The predicted molar refractivity (Wildman–Crippen MR) is 86.1 cm³/mol. The van der Waals surface area contributed by atoms with Crippen LogP contribution in [-0.2, 0) is 9.53 Å². The van der Waals surface area contributed by atoms with Crippen molar-refractivity contribution < 1.29 is 27.8 Å². The molecule has 0 heterocycles. The van der Waals surface area contributed by atoms with E-state index in [0.717, 1.165) is 0 Å². The number of esters is 1. The minimum atomic E-state index is -3.07. The zero-order valence-corrected chi connectivity index (χ0v) is 13.8. The highest BCUT2D eigenvalue weighted by molar-refractivity contribution is 9.10. The molecular weight excluding hydrogens is 388 g/mol. The molecule has 0 aliphatic rings. The maximum atomic E-state index is 12.3. The minimum absolute atomic E-state index is 0.188. The zero-order chi connectivity index (χ0) is 17.5. The van der Waals surface area contributed by atoms with Gasteiger partial charge < -0.3 is 14.8 Å². The van der Waals surface area contributed by atoms with Crippen molar-refractivity contribution >= 4 is 33.5 Å². The Morgan fingerprint density at radius 2 is 1.75 bits per heavy atom. The van der Waals surface area contributed by atoms with Crippen molar-refractivity contribution in [2.45, 2.75) is 6.61 Å². The van der Waals surface area contributed by atoms with Crippen LogP contribution in [0, 0.1) is 0 Å². The van der Waals surface area contributed by atoms with Gasteiger partial charge in [-0.15, -0.1) is 0 Å². The number of alkyl halides is 2. The van der Waals surface area contributed by atoms with Gasteiger partial charge in [0.1, 0.15) is 11.3 Å². The van der Waals surface area contributed by atoms with E-state index >= 15 is 0 Å². The number of hydrogen-bond donors (Lipinski definition) is 1. The van der Waals surface area contributed by atoms with Crippen LogP contribution >= 0.6 is 15.9 Å². The Labute approximate surface area is 144 Å². The number of carbonyl (C=O) groups is 2. The van der Waals surface area contributed by atoms with Gasteiger partial charge in [0.25, 0.3) is 5.91 Å². The molecule has 0 fully saturated rings. The first-order valence-corrected chi connectivity index (χ1v) is 7.52. The number of carbonyl (C=O) groups excluding carboxylic acids is 2. The van der Waals surface area contributed by atoms with Crippen molar-refractivity contribution in [2.75, 3.05) is 11.9 Å². The second-order valence-electron chi connectivity index (χ2n) is 4.48. The molecule has 2 rings (SSSR count). The lowest BCUT2D eigenvalue weighted by atomic mass is 10.2. The van der Waals surface area contributed by atoms with Crippen LogP contribution in [0.5, 0.6) is 5.75 Å². The Hall–Kier alpha value is -2.48. The van der Waals surface area contributed by atoms with Gasteiger partial charge in [-0.1, -0.05) is 24.3 Å². The first-order chi connectivity index (χ1) is 11.5. The van der Waals surface area contributed by atoms with E-state index in [1.165, 1.54) is 24.3 Å². The topological polar surface area (TPSA) is 64.6 Å². The average molecular weight is 400 g/mol. The Bertz CT molecular complexity index is 740. The molecule has 0 aliphatic heterocycles. The molecule has 5 nitrogen and oxygen atoms in total. The van der Waals surface area contributed by atoms with E-state index < -0.39 is 25.1 Å². The van der Waals surface area contributed by atoms with Crippen LogP contribution in [0.25, 0.3) is 0 Å². The summed E-state index contributed by atoms with van der Waals surface area (Å²) in [4.78, 5) is 23.7. The van der Waals surface area contributed by atoms with Crippen LogP contribution in [0.1, 0.15) is 10.4 Å². The molecule has 126 valence electrons. The molecule has 0 unspecified atom stereocenters. The van der Waals surface area contributed by atoms with Crippen LogP contribution in [0.3, 0.4) is 0 Å². The summed E-state index contributed by atoms with van der Waals surface area (Å²) in [7, 11) is 0. The second-order valence-corrected chi connectivity index (χ2v) is 5.33. The average Bonchev–Trinajstić information content (AvgIpc) is 2.55. The Kier molecular flexibility index (Phi) is 6.25. The molecule has 8 heteroatoms. The molecule has 2 aromatic carbocycles. The Balaban J connectivity index is 1.96. The van der Waals surface area contributed by atoms with Gasteiger partial charge in [0, 0.05) is 4.47 Å². The summed E-state index contributed by atoms with van der Waals surface area (Å²) in [6.07, 6.45) is 0. The number of anilines is 1. The van der Waals surface area contributed by atoms with Gasteiger partial charge in [-0.3, -0.25) is 4.79 Å². The lowest BCUT2D eigenvalue weighted by Gasteiger charge is -2.11. The highest BCUT2D eigenvalue weighted by atomic mass is 79.9. The van der Waals surface area contributed by atoms with E-state index in [9.17, 15) is 18.4 Å². The number of rotatable bonds is 6. The third-order valence-electron chi connectivity index (χ3n) is 2.81. The zero-order valence-electron chi connectivity index (χ0n) is 12.2. The number of benzene rings is 2. The van der Waals surface area contributed by atoms with Crippen molar-refractivity contribution in [3.05, 3.63) is 58.6 Å². The molecule has 24 heavy (non-hydrogen) atoms. The molecule has 0 saturated carbocycles. The third kappa shape index (κ3) is 5.02. The third-order valence-corrected chi connectivity index (χ3v) is 3.50. The van der Waals surface area contributed by atoms with Crippen LogP contribution in [0.4, 0.5) is 14.5 Å². The second kappa shape index (κ2) is 8.39. The van der Waals surface area contributed by atoms with Gasteiger partial charge in [-0.05, 0) is 40.2 Å². The maximum Gasteiger partial charge on any atom is 0.387 e. The number of hydrogen-bond acceptors (Lipinski definition) is 4. The highest BCUT2D eigenvalue weighted by Gasteiger charge is 2.17. The summed E-state index contributed by atoms with van der Waals surface area (Å²) in [6, 6.07) is 12.3. The quantitative estimate of drug-likeness (QED) is 0.749. The number of halogens is 3. The van der Waals surface area contributed by atoms with Crippen LogP contribution in [-0.4, -0.2) is 25.1 Å². The van der Waals surface area contributed by atoms with Crippen LogP contribution in [0.15, 0.2) is 53.0 Å². The summed E-state index contributed by atoms with van der Waals surface area (Å²) >= 11 is 3.26. The monoisotopic (exact) mass is 399 g/mol. The highest BCUT2D eigenvalue weighted by Crippen LogP contribution is 2.22. The molecule has 0 atom stereocenters. The predicted octanol–water partition coefficient (Wildman–Crippen LogP) is 3.85. The number of nitrogens with one attached hydrogen (secondary N) is 1. The van der Waals surface area contributed by atoms with Crippen molar-refractivity contribution in [2.24, 2.45) is 0 Å². The largest absolute Gasteiger partial charge is 0.452 e. The molecule has 1 amide bonds. The number of para-hydroxylation sites is 2. The summed E-state index contributed by atoms with van der Waals surface area (Å²) < 4.78 is 34.4. The van der Waals surface area contributed by atoms with E-state index in [0.29, 0.717) is 10.2 Å². The van der Waals surface area contributed by atoms with Gasteiger partial charge in [0.15, 0.2) is 6.61 Å². The molecule has 0 aromatic heterocycles. The van der Waals surface area contributed by atoms with E-state index in [1.807, 2.05) is 0 Å². The van der Waals surface area contributed by atoms with Gasteiger partial charge in [0.2, 0.25) is 0 Å². The molecule has 0 bridgehead atoms. The van der Waals surface area contributed by atoms with E-state index in [-0.39, 0.29) is 11.3 Å². The van der Waals surface area contributed by atoms with E-state index in [4.69, 9.17) is 4.74 Å². The fraction of sp³-hybridized carbons (Fsp3) is 0.125. The molecule has 0 spiro atoms. The SMILES string of the molecule is O=C(COC(=O)c1ccccc1OC(F)F)Nc1ccccc1Br. The maximum absolute atomic E-state index is 12.3. The summed E-state index contributed by atoms with van der Waals surface area (Å²) in [5, 5.41) is 2.55. The fourth-order valence-electron chi connectivity index (χ4n) is 1.79. The smallest absolute Gasteiger partial charge is 0.387 e. The van der Waals surface area contributed by atoms with Gasteiger partial charge in [0.05, 0.1) is 5.69 Å². The summed E-state index contributed by atoms with van der Waals surface area (Å²) in [6.45, 7) is -3.64. The summed E-state index contributed by atoms with van der Waals surface area (Å²) in [5.74, 6) is -1.82. The van der Waals surface area contributed by atoms with Gasteiger partial charge in [-0.2, -0.15) is 8.78 Å². The lowest BCUT2D eigenvalue weighted by molar-refractivity contribution is -0.119. The Morgan fingerprint density at radius 1 is 1.08 bits per heavy atom. The standard InChI is InChI=1S/C16H12BrF2NO4/c17-11-6-2-3-7-12(11)20-14(21)9-23-15(22)10-5-1-4-8-13(10)24-16(18)19/h1-8,16H,9H2,(H,20,21). The van der Waals surface area contributed by atoms with E-state index in [2.05, 4.69) is 26.0 Å².